The molecule has 0 aromatic heterocycles. The zero-order chi connectivity index (χ0) is 18.6. The van der Waals surface area contributed by atoms with Crippen molar-refractivity contribution in [3.05, 3.63) is 12.2 Å². The number of hydrogen-bond acceptors (Lipinski definition) is 2. The summed E-state index contributed by atoms with van der Waals surface area (Å²) in [6.07, 6.45) is 25.9. The van der Waals surface area contributed by atoms with Crippen molar-refractivity contribution >= 4 is 0 Å². The van der Waals surface area contributed by atoms with Crippen LogP contribution in [-0.4, -0.2) is 36.8 Å². The number of nitrogens with zero attached hydrogens (tertiary/aromatic N) is 1. The van der Waals surface area contributed by atoms with Gasteiger partial charge in [0.05, 0.1) is 6.10 Å². The highest BCUT2D eigenvalue weighted by atomic mass is 16.3. The fourth-order valence-electron chi connectivity index (χ4n) is 3.32. The number of aliphatic hydroxyl groups is 1. The number of rotatable bonds is 19. The van der Waals surface area contributed by atoms with Crippen LogP contribution in [0.15, 0.2) is 12.2 Å². The van der Waals surface area contributed by atoms with Gasteiger partial charge in [-0.2, -0.15) is 0 Å². The molecule has 0 heterocycles. The van der Waals surface area contributed by atoms with Gasteiger partial charge in [-0.3, -0.25) is 0 Å². The summed E-state index contributed by atoms with van der Waals surface area (Å²) in [7, 11) is 4.04. The van der Waals surface area contributed by atoms with Crippen LogP contribution < -0.4 is 0 Å². The van der Waals surface area contributed by atoms with Crippen LogP contribution in [0.3, 0.4) is 0 Å². The van der Waals surface area contributed by atoms with Crippen molar-refractivity contribution in [2.45, 2.75) is 116 Å². The summed E-state index contributed by atoms with van der Waals surface area (Å²) in [5.41, 5.74) is 0. The van der Waals surface area contributed by atoms with Gasteiger partial charge in [0.2, 0.25) is 0 Å². The highest BCUT2D eigenvalue weighted by Crippen LogP contribution is 2.12. The Bertz CT molecular complexity index is 275. The molecule has 25 heavy (non-hydrogen) atoms. The molecule has 0 aromatic rings. The Kier molecular flexibility index (Phi) is 19.7. The van der Waals surface area contributed by atoms with Crippen LogP contribution in [0.25, 0.3) is 0 Å². The third kappa shape index (κ3) is 21.6. The average Bonchev–Trinajstić information content (AvgIpc) is 2.57. The van der Waals surface area contributed by atoms with Gasteiger partial charge in [-0.05, 0) is 46.2 Å². The van der Waals surface area contributed by atoms with E-state index in [1.165, 1.54) is 96.3 Å². The summed E-state index contributed by atoms with van der Waals surface area (Å²) < 4.78 is 0. The van der Waals surface area contributed by atoms with E-state index in [1.54, 1.807) is 0 Å². The molecule has 0 bridgehead atoms. The van der Waals surface area contributed by atoms with Crippen molar-refractivity contribution < 1.29 is 5.11 Å². The van der Waals surface area contributed by atoms with Crippen LogP contribution in [0.5, 0.6) is 0 Å². The first-order chi connectivity index (χ1) is 12.2. The Balaban J connectivity index is 3.14. The van der Waals surface area contributed by atoms with Crippen LogP contribution >= 0.6 is 0 Å². The van der Waals surface area contributed by atoms with E-state index in [1.807, 2.05) is 14.1 Å². The molecular formula is C23H47NO. The monoisotopic (exact) mass is 353 g/mol. The zero-order valence-electron chi connectivity index (χ0n) is 17.6. The van der Waals surface area contributed by atoms with E-state index in [2.05, 4.69) is 24.0 Å². The van der Waals surface area contributed by atoms with Gasteiger partial charge in [-0.15, -0.1) is 0 Å². The molecule has 0 aliphatic rings. The fraction of sp³-hybridized carbons (Fsp3) is 0.913. The first kappa shape index (κ1) is 24.7. The molecule has 1 unspecified atom stereocenters. The maximum Gasteiger partial charge on any atom is 0.0666 e. The lowest BCUT2D eigenvalue weighted by molar-refractivity contribution is 0.125. The summed E-state index contributed by atoms with van der Waals surface area (Å²) in [5.74, 6) is 0. The van der Waals surface area contributed by atoms with E-state index in [0.29, 0.717) is 0 Å². The number of hydrogen-bond donors (Lipinski definition) is 1. The molecule has 0 saturated heterocycles. The number of allylic oxidation sites excluding steroid dienone is 2. The van der Waals surface area contributed by atoms with Crippen molar-refractivity contribution in [3.8, 4) is 0 Å². The minimum Gasteiger partial charge on any atom is -0.392 e. The first-order valence-corrected chi connectivity index (χ1v) is 11.1. The van der Waals surface area contributed by atoms with Crippen LogP contribution in [0.4, 0.5) is 0 Å². The molecule has 0 aliphatic heterocycles. The summed E-state index contributed by atoms with van der Waals surface area (Å²) in [4.78, 5) is 2.06. The molecule has 2 heteroatoms. The molecular weight excluding hydrogens is 306 g/mol. The summed E-state index contributed by atoms with van der Waals surface area (Å²) in [6, 6.07) is 0. The SMILES string of the molecule is CCCCCCCC/C=C\CCCCCCCCCC(O)CN(C)C. The molecule has 0 spiro atoms. The van der Waals surface area contributed by atoms with E-state index in [9.17, 15) is 5.11 Å². The van der Waals surface area contributed by atoms with E-state index in [0.717, 1.165) is 13.0 Å². The van der Waals surface area contributed by atoms with Crippen molar-refractivity contribution in [3.63, 3.8) is 0 Å². The minimum atomic E-state index is -0.141. The van der Waals surface area contributed by atoms with Gasteiger partial charge in [0.15, 0.2) is 0 Å². The van der Waals surface area contributed by atoms with Crippen molar-refractivity contribution in [1.82, 2.24) is 4.90 Å². The Morgan fingerprint density at radius 2 is 1.12 bits per heavy atom. The standard InChI is InChI=1S/C23H47NO/c1-4-5-6-7-8-9-10-11-12-13-14-15-16-17-18-19-20-21-23(25)22-24(2)3/h11-12,23,25H,4-10,13-22H2,1-3H3/b12-11-. The van der Waals surface area contributed by atoms with Crippen LogP contribution in [0.1, 0.15) is 110 Å². The van der Waals surface area contributed by atoms with Crippen LogP contribution in [0.2, 0.25) is 0 Å². The predicted octanol–water partition coefficient (Wildman–Crippen LogP) is 6.73. The predicted molar refractivity (Wildman–Crippen MR) is 113 cm³/mol. The number of unbranched alkanes of at least 4 members (excludes halogenated alkanes) is 13. The number of likely N-dealkylation sites (N-methyl/N-ethyl adjacent to an activating group) is 1. The van der Waals surface area contributed by atoms with E-state index in [-0.39, 0.29) is 6.10 Å². The lowest BCUT2D eigenvalue weighted by atomic mass is 10.1. The minimum absolute atomic E-state index is 0.141. The Morgan fingerprint density at radius 1 is 0.680 bits per heavy atom. The van der Waals surface area contributed by atoms with Crippen molar-refractivity contribution in [2.24, 2.45) is 0 Å². The maximum absolute atomic E-state index is 9.80. The fourth-order valence-corrected chi connectivity index (χ4v) is 3.32. The second-order valence-corrected chi connectivity index (χ2v) is 8.00. The van der Waals surface area contributed by atoms with E-state index < -0.39 is 0 Å². The third-order valence-corrected chi connectivity index (χ3v) is 4.88. The maximum atomic E-state index is 9.80. The van der Waals surface area contributed by atoms with Crippen LogP contribution in [-0.2, 0) is 0 Å². The van der Waals surface area contributed by atoms with Crippen molar-refractivity contribution in [2.75, 3.05) is 20.6 Å². The summed E-state index contributed by atoms with van der Waals surface area (Å²) in [6.45, 7) is 3.08. The molecule has 1 atom stereocenters. The van der Waals surface area contributed by atoms with Gasteiger partial charge in [-0.25, -0.2) is 0 Å². The zero-order valence-corrected chi connectivity index (χ0v) is 17.6. The van der Waals surface area contributed by atoms with Gasteiger partial charge < -0.3 is 10.0 Å². The second kappa shape index (κ2) is 20.0. The van der Waals surface area contributed by atoms with Crippen LogP contribution in [0, 0.1) is 0 Å². The normalized spacial score (nSPS) is 13.2. The lowest BCUT2D eigenvalue weighted by Gasteiger charge is -2.15. The van der Waals surface area contributed by atoms with Gasteiger partial charge in [0.25, 0.3) is 0 Å². The van der Waals surface area contributed by atoms with Gasteiger partial charge in [0.1, 0.15) is 0 Å². The largest absolute Gasteiger partial charge is 0.392 e. The highest BCUT2D eigenvalue weighted by molar-refractivity contribution is 4.81. The molecule has 1 N–H and O–H groups in total. The molecule has 0 rings (SSSR count). The molecule has 0 radical (unpaired) electrons. The van der Waals surface area contributed by atoms with E-state index in [4.69, 9.17) is 0 Å². The average molecular weight is 354 g/mol. The topological polar surface area (TPSA) is 23.5 Å². The van der Waals surface area contributed by atoms with Crippen molar-refractivity contribution in [1.29, 1.82) is 0 Å². The van der Waals surface area contributed by atoms with E-state index >= 15 is 0 Å². The molecule has 0 aliphatic carbocycles. The smallest absolute Gasteiger partial charge is 0.0666 e. The molecule has 150 valence electrons. The summed E-state index contributed by atoms with van der Waals surface area (Å²) in [5, 5.41) is 9.80. The quantitative estimate of drug-likeness (QED) is 0.206. The van der Waals surface area contributed by atoms with Gasteiger partial charge in [-0.1, -0.05) is 89.7 Å². The molecule has 0 saturated carbocycles. The molecule has 0 amide bonds. The first-order valence-electron chi connectivity index (χ1n) is 11.1. The molecule has 2 nitrogen and oxygen atoms in total. The Hall–Kier alpha value is -0.340. The summed E-state index contributed by atoms with van der Waals surface area (Å²) >= 11 is 0. The lowest BCUT2D eigenvalue weighted by Crippen LogP contribution is -2.25. The molecule has 0 aromatic carbocycles. The number of aliphatic hydroxyl groups excluding tert-OH is 1. The highest BCUT2D eigenvalue weighted by Gasteiger charge is 2.04. The Labute approximate surface area is 159 Å². The second-order valence-electron chi connectivity index (χ2n) is 8.00. The Morgan fingerprint density at radius 3 is 1.60 bits per heavy atom. The van der Waals surface area contributed by atoms with Gasteiger partial charge >= 0.3 is 0 Å². The third-order valence-electron chi connectivity index (χ3n) is 4.88. The van der Waals surface area contributed by atoms with Gasteiger partial charge in [0, 0.05) is 6.54 Å². The molecule has 0 fully saturated rings.